The van der Waals surface area contributed by atoms with Gasteiger partial charge in [0.1, 0.15) is 17.6 Å². The lowest BCUT2D eigenvalue weighted by atomic mass is 9.99. The predicted octanol–water partition coefficient (Wildman–Crippen LogP) is 4.45. The number of nitrogens with zero attached hydrogens (tertiary/aromatic N) is 2. The first kappa shape index (κ1) is 31.3. The predicted molar refractivity (Wildman–Crippen MR) is 167 cm³/mol. The van der Waals surface area contributed by atoms with E-state index in [0.29, 0.717) is 40.1 Å². The van der Waals surface area contributed by atoms with Crippen molar-refractivity contribution in [2.24, 2.45) is 5.92 Å². The van der Waals surface area contributed by atoms with Crippen LogP contribution in [0.25, 0.3) is 0 Å². The molecule has 2 aliphatic heterocycles. The van der Waals surface area contributed by atoms with Crippen LogP contribution >= 0.6 is 0 Å². The van der Waals surface area contributed by atoms with Crippen LogP contribution in [0.1, 0.15) is 24.2 Å². The van der Waals surface area contributed by atoms with Crippen molar-refractivity contribution in [3.8, 4) is 23.0 Å². The average molecular weight is 620 g/mol. The van der Waals surface area contributed by atoms with Crippen LogP contribution in [0.4, 0.5) is 26.7 Å². The molecule has 5 amide bonds. The van der Waals surface area contributed by atoms with Gasteiger partial charge >= 0.3 is 12.1 Å². The number of hydrogen-bond acceptors (Lipinski definition) is 8. The van der Waals surface area contributed by atoms with Gasteiger partial charge in [0.15, 0.2) is 11.5 Å². The van der Waals surface area contributed by atoms with E-state index in [9.17, 15) is 19.5 Å². The minimum Gasteiger partial charge on any atom is -0.497 e. The summed E-state index contributed by atoms with van der Waals surface area (Å²) in [5.74, 6) is 1.57. The SMILES string of the molecule is COc1ccc(NC(=O)N(C)CC2Oc3ccc(NC(=O)Nc4ccc5c(c4)OCO5)cc3C(=O)N(C(C)CO)CC2C)cc1. The normalized spacial score (nSPS) is 17.6. The molecule has 2 heterocycles. The number of rotatable bonds is 8. The van der Waals surface area contributed by atoms with Gasteiger partial charge in [-0.05, 0) is 61.5 Å². The first-order valence-electron chi connectivity index (χ1n) is 14.5. The van der Waals surface area contributed by atoms with Gasteiger partial charge in [0, 0.05) is 42.6 Å². The second-order valence-corrected chi connectivity index (χ2v) is 11.0. The van der Waals surface area contributed by atoms with Gasteiger partial charge in [0.05, 0.1) is 31.9 Å². The zero-order chi connectivity index (χ0) is 32.1. The van der Waals surface area contributed by atoms with Crippen molar-refractivity contribution in [3.63, 3.8) is 0 Å². The maximum Gasteiger partial charge on any atom is 0.323 e. The van der Waals surface area contributed by atoms with Gasteiger partial charge in [-0.1, -0.05) is 6.92 Å². The fourth-order valence-corrected chi connectivity index (χ4v) is 5.03. The summed E-state index contributed by atoms with van der Waals surface area (Å²) in [5.41, 5.74) is 1.70. The number of urea groups is 2. The highest BCUT2D eigenvalue weighted by Crippen LogP contribution is 2.35. The fourth-order valence-electron chi connectivity index (χ4n) is 5.03. The standard InChI is InChI=1S/C32H37N5O8/c1-19-15-37(20(2)17-38)30(39)25-13-22(33-31(40)34-23-8-12-27-28(14-23)44-18-43-27)7-11-26(25)45-29(19)16-36(3)32(41)35-21-5-9-24(42-4)10-6-21/h5-14,19-20,29,38H,15-18H2,1-4H3,(H,35,41)(H2,33,34,40). The molecule has 3 unspecified atom stereocenters. The number of ether oxygens (including phenoxy) is 4. The summed E-state index contributed by atoms with van der Waals surface area (Å²) >= 11 is 0. The largest absolute Gasteiger partial charge is 0.497 e. The van der Waals surface area contributed by atoms with Crippen LogP contribution in [-0.2, 0) is 0 Å². The van der Waals surface area contributed by atoms with Crippen molar-refractivity contribution in [2.45, 2.75) is 26.0 Å². The minimum absolute atomic E-state index is 0.120. The molecule has 3 atom stereocenters. The molecular formula is C32H37N5O8. The minimum atomic E-state index is -0.524. The molecular weight excluding hydrogens is 582 g/mol. The van der Waals surface area contributed by atoms with Crippen molar-refractivity contribution < 1.29 is 38.4 Å². The van der Waals surface area contributed by atoms with Crippen LogP contribution in [-0.4, -0.2) is 85.7 Å². The Morgan fingerprint density at radius 1 is 0.978 bits per heavy atom. The highest BCUT2D eigenvalue weighted by Gasteiger charge is 2.34. The quantitative estimate of drug-likeness (QED) is 0.289. The van der Waals surface area contributed by atoms with Gasteiger partial charge in [-0.25, -0.2) is 9.59 Å². The molecule has 0 bridgehead atoms. The summed E-state index contributed by atoms with van der Waals surface area (Å²) in [6.45, 7) is 4.08. The Labute approximate surface area is 261 Å². The van der Waals surface area contributed by atoms with E-state index >= 15 is 0 Å². The second kappa shape index (κ2) is 13.6. The lowest BCUT2D eigenvalue weighted by Gasteiger charge is -2.38. The highest BCUT2D eigenvalue weighted by atomic mass is 16.7. The molecule has 0 aliphatic carbocycles. The third-order valence-corrected chi connectivity index (χ3v) is 7.69. The fraction of sp³-hybridized carbons (Fsp3) is 0.344. The number of amides is 5. The number of hydrogen-bond donors (Lipinski definition) is 4. The Balaban J connectivity index is 1.32. The zero-order valence-corrected chi connectivity index (χ0v) is 25.5. The van der Waals surface area contributed by atoms with E-state index in [1.807, 2.05) is 6.92 Å². The first-order chi connectivity index (χ1) is 21.6. The van der Waals surface area contributed by atoms with Crippen LogP contribution in [0, 0.1) is 5.92 Å². The molecule has 0 radical (unpaired) electrons. The number of aliphatic hydroxyl groups excluding tert-OH is 1. The van der Waals surface area contributed by atoms with Crippen LogP contribution < -0.4 is 34.9 Å². The highest BCUT2D eigenvalue weighted by molar-refractivity contribution is 6.02. The van der Waals surface area contributed by atoms with Crippen LogP contribution in [0.5, 0.6) is 23.0 Å². The Morgan fingerprint density at radius 2 is 1.62 bits per heavy atom. The van der Waals surface area contributed by atoms with Gasteiger partial charge < -0.3 is 49.8 Å². The van der Waals surface area contributed by atoms with E-state index < -0.39 is 18.2 Å². The molecule has 2 aliphatic rings. The lowest BCUT2D eigenvalue weighted by molar-refractivity contribution is 0.0371. The number of fused-ring (bicyclic) bond motifs is 2. The number of carbonyl (C=O) groups excluding carboxylic acids is 3. The molecule has 0 saturated heterocycles. The zero-order valence-electron chi connectivity index (χ0n) is 25.5. The molecule has 45 heavy (non-hydrogen) atoms. The van der Waals surface area contributed by atoms with E-state index in [2.05, 4.69) is 16.0 Å². The summed E-state index contributed by atoms with van der Waals surface area (Å²) in [4.78, 5) is 42.7. The maximum absolute atomic E-state index is 13.8. The van der Waals surface area contributed by atoms with Crippen molar-refractivity contribution in [2.75, 3.05) is 56.6 Å². The van der Waals surface area contributed by atoms with E-state index in [0.717, 1.165) is 0 Å². The Bertz CT molecular complexity index is 1550. The summed E-state index contributed by atoms with van der Waals surface area (Å²) in [6.07, 6.45) is -0.495. The van der Waals surface area contributed by atoms with Crippen molar-refractivity contribution in [3.05, 3.63) is 66.2 Å². The molecule has 5 rings (SSSR count). The Hall–Kier alpha value is -5.17. The molecule has 4 N–H and O–H groups in total. The molecule has 13 nitrogen and oxygen atoms in total. The van der Waals surface area contributed by atoms with Crippen molar-refractivity contribution >= 4 is 35.0 Å². The smallest absolute Gasteiger partial charge is 0.323 e. The molecule has 238 valence electrons. The molecule has 3 aromatic carbocycles. The van der Waals surface area contributed by atoms with E-state index in [1.165, 1.54) is 4.90 Å². The van der Waals surface area contributed by atoms with Gasteiger partial charge in [-0.3, -0.25) is 4.79 Å². The third-order valence-electron chi connectivity index (χ3n) is 7.69. The number of methoxy groups -OCH3 is 1. The third kappa shape index (κ3) is 7.32. The van der Waals surface area contributed by atoms with Crippen molar-refractivity contribution in [1.82, 2.24) is 9.80 Å². The molecule has 13 heteroatoms. The first-order valence-corrected chi connectivity index (χ1v) is 14.5. The number of benzene rings is 3. The summed E-state index contributed by atoms with van der Waals surface area (Å²) in [6, 6.07) is 15.5. The van der Waals surface area contributed by atoms with Crippen LogP contribution in [0.15, 0.2) is 60.7 Å². The number of likely N-dealkylation sites (N-methyl/N-ethyl adjacent to an activating group) is 1. The van der Waals surface area contributed by atoms with E-state index in [-0.39, 0.29) is 49.9 Å². The Morgan fingerprint density at radius 3 is 2.31 bits per heavy atom. The van der Waals surface area contributed by atoms with Gasteiger partial charge in [0.2, 0.25) is 6.79 Å². The Kier molecular flexibility index (Phi) is 9.48. The number of anilines is 3. The van der Waals surface area contributed by atoms with E-state index in [1.54, 1.807) is 86.6 Å². The summed E-state index contributed by atoms with van der Waals surface area (Å²) in [7, 11) is 3.24. The summed E-state index contributed by atoms with van der Waals surface area (Å²) in [5, 5.41) is 18.3. The molecule has 0 saturated carbocycles. The number of carbonyl (C=O) groups is 3. The van der Waals surface area contributed by atoms with Gasteiger partial charge in [0.25, 0.3) is 5.91 Å². The number of aliphatic hydroxyl groups is 1. The molecule has 3 aromatic rings. The summed E-state index contributed by atoms with van der Waals surface area (Å²) < 4.78 is 22.2. The van der Waals surface area contributed by atoms with E-state index in [4.69, 9.17) is 18.9 Å². The van der Waals surface area contributed by atoms with Crippen LogP contribution in [0.3, 0.4) is 0 Å². The maximum atomic E-state index is 13.8. The lowest BCUT2D eigenvalue weighted by Crippen LogP contribution is -2.50. The molecule has 0 aromatic heterocycles. The second-order valence-electron chi connectivity index (χ2n) is 11.0. The van der Waals surface area contributed by atoms with Crippen molar-refractivity contribution in [1.29, 1.82) is 0 Å². The molecule has 0 fully saturated rings. The van der Waals surface area contributed by atoms with Gasteiger partial charge in [-0.2, -0.15) is 0 Å². The molecule has 0 spiro atoms. The topological polar surface area (TPSA) is 151 Å². The monoisotopic (exact) mass is 619 g/mol. The average Bonchev–Trinajstić information content (AvgIpc) is 3.51. The number of nitrogens with one attached hydrogen (secondary N) is 3. The van der Waals surface area contributed by atoms with Crippen LogP contribution in [0.2, 0.25) is 0 Å². The van der Waals surface area contributed by atoms with Gasteiger partial charge in [-0.15, -0.1) is 0 Å².